The quantitative estimate of drug-likeness (QED) is 0.278. The molecular weight excluding hydrogens is 297 g/mol. The Morgan fingerprint density at radius 3 is 1.38 bits per heavy atom. The van der Waals surface area contributed by atoms with Gasteiger partial charge in [-0.3, -0.25) is 0 Å². The van der Waals surface area contributed by atoms with E-state index < -0.39 is 10.3 Å². The van der Waals surface area contributed by atoms with Crippen LogP contribution in [0.5, 0.6) is 0 Å². The maximum Gasteiger partial charge on any atom is 1.00 e. The van der Waals surface area contributed by atoms with Gasteiger partial charge in [-0.15, -0.1) is 0 Å². The van der Waals surface area contributed by atoms with Crippen molar-refractivity contribution >= 4 is 10.3 Å². The number of hydrogen-bond donors (Lipinski definition) is 1. The van der Waals surface area contributed by atoms with Gasteiger partial charge in [0, 0.05) is 6.54 Å². The van der Waals surface area contributed by atoms with Crippen LogP contribution >= 0.6 is 0 Å². The van der Waals surface area contributed by atoms with Gasteiger partial charge in [-0.25, -0.2) is 13.1 Å². The third-order valence-electron chi connectivity index (χ3n) is 3.56. The maximum absolute atomic E-state index is 10.3. The smallest absolute Gasteiger partial charge is 0.735 e. The second kappa shape index (κ2) is 17.2. The van der Waals surface area contributed by atoms with Crippen LogP contribution in [-0.2, 0) is 10.3 Å². The number of unbranched alkanes of at least 4 members (excludes halogenated alkanes) is 12. The van der Waals surface area contributed by atoms with Gasteiger partial charge in [-0.1, -0.05) is 84.0 Å². The summed E-state index contributed by atoms with van der Waals surface area (Å²) in [5.41, 5.74) is 0. The summed E-state index contributed by atoms with van der Waals surface area (Å²) >= 11 is 0. The summed E-state index contributed by atoms with van der Waals surface area (Å²) in [6.45, 7) is 2.53. The first-order valence-electron chi connectivity index (χ1n) is 8.26. The Kier molecular flexibility index (Phi) is 19.8. The minimum absolute atomic E-state index is 0. The molecule has 0 radical (unpaired) electrons. The van der Waals surface area contributed by atoms with Crippen molar-refractivity contribution in [1.82, 2.24) is 4.72 Å². The van der Waals surface area contributed by atoms with Crippen LogP contribution in [-0.4, -0.2) is 19.5 Å². The Hall–Kier alpha value is 0.870. The average Bonchev–Trinajstić information content (AvgIpc) is 2.38. The molecule has 0 unspecified atom stereocenters. The average molecular weight is 329 g/mol. The molecule has 1 N–H and O–H groups in total. The second-order valence-electron chi connectivity index (χ2n) is 5.59. The molecule has 0 aromatic heterocycles. The van der Waals surface area contributed by atoms with E-state index in [4.69, 9.17) is 0 Å². The summed E-state index contributed by atoms with van der Waals surface area (Å²) in [5.74, 6) is 0. The topological polar surface area (TPSA) is 69.2 Å². The van der Waals surface area contributed by atoms with E-state index in [-0.39, 0.29) is 36.1 Å². The molecule has 0 saturated heterocycles. The number of nitrogens with one attached hydrogen (secondary N) is 1. The first-order valence-corrected chi connectivity index (χ1v) is 9.67. The normalized spacial score (nSPS) is 11.3. The first kappa shape index (κ1) is 24.1. The minimum Gasteiger partial charge on any atom is -0.735 e. The van der Waals surface area contributed by atoms with Gasteiger partial charge in [0.2, 0.25) is 0 Å². The Morgan fingerprint density at radius 2 is 1.05 bits per heavy atom. The van der Waals surface area contributed by atoms with Crippen molar-refractivity contribution in [3.05, 3.63) is 0 Å². The van der Waals surface area contributed by atoms with Crippen molar-refractivity contribution in [2.45, 2.75) is 90.4 Å². The van der Waals surface area contributed by atoms with Crippen LogP contribution in [0, 0.1) is 0 Å². The van der Waals surface area contributed by atoms with Gasteiger partial charge in [-0.05, 0) is 6.42 Å². The number of hydrogen-bond acceptors (Lipinski definition) is 3. The zero-order valence-electron chi connectivity index (χ0n) is 14.0. The SMILES string of the molecule is CCCCCCCCCCCCCCCNS(=O)(=O)[O-].[Na+]. The fourth-order valence-corrected chi connectivity index (χ4v) is 2.73. The summed E-state index contributed by atoms with van der Waals surface area (Å²) in [4.78, 5) is 0. The zero-order chi connectivity index (χ0) is 15.1. The van der Waals surface area contributed by atoms with E-state index >= 15 is 0 Å². The Bertz CT molecular complexity index is 297. The molecule has 0 aliphatic rings. The van der Waals surface area contributed by atoms with Crippen molar-refractivity contribution in [3.8, 4) is 0 Å². The number of rotatable bonds is 15. The third-order valence-corrected chi connectivity index (χ3v) is 4.12. The van der Waals surface area contributed by atoms with Crippen LogP contribution in [0.2, 0.25) is 0 Å². The molecule has 0 fully saturated rings. The molecule has 0 saturated carbocycles. The molecule has 0 aliphatic carbocycles. The van der Waals surface area contributed by atoms with Gasteiger partial charge in [0.1, 0.15) is 0 Å². The summed E-state index contributed by atoms with van der Waals surface area (Å²) in [5, 5.41) is 0. The molecule has 0 aliphatic heterocycles. The van der Waals surface area contributed by atoms with Crippen molar-refractivity contribution in [3.63, 3.8) is 0 Å². The van der Waals surface area contributed by atoms with Crippen LogP contribution in [0.15, 0.2) is 0 Å². The molecule has 122 valence electrons. The first-order chi connectivity index (χ1) is 9.56. The van der Waals surface area contributed by atoms with Crippen LogP contribution in [0.25, 0.3) is 0 Å². The molecule has 0 spiro atoms. The van der Waals surface area contributed by atoms with Gasteiger partial charge >= 0.3 is 29.6 Å². The van der Waals surface area contributed by atoms with Crippen LogP contribution < -0.4 is 34.3 Å². The van der Waals surface area contributed by atoms with E-state index in [1.807, 2.05) is 4.72 Å². The minimum atomic E-state index is -4.24. The van der Waals surface area contributed by atoms with Crippen LogP contribution in [0.1, 0.15) is 90.4 Å². The summed E-state index contributed by atoms with van der Waals surface area (Å²) in [7, 11) is -4.24. The molecule has 0 aromatic rings. The molecule has 0 heterocycles. The molecule has 0 aromatic carbocycles. The maximum atomic E-state index is 10.3. The Morgan fingerprint density at radius 1 is 0.714 bits per heavy atom. The van der Waals surface area contributed by atoms with E-state index in [2.05, 4.69) is 6.92 Å². The molecule has 0 atom stereocenters. The van der Waals surface area contributed by atoms with Crippen LogP contribution in [0.4, 0.5) is 0 Å². The van der Waals surface area contributed by atoms with E-state index in [0.717, 1.165) is 19.3 Å². The second-order valence-corrected chi connectivity index (χ2v) is 6.79. The van der Waals surface area contributed by atoms with Gasteiger partial charge in [-0.2, -0.15) is 0 Å². The zero-order valence-corrected chi connectivity index (χ0v) is 16.8. The monoisotopic (exact) mass is 329 g/mol. The molecule has 6 heteroatoms. The molecule has 0 bridgehead atoms. The molecular formula is C15H32NNaO3S. The molecule has 0 rings (SSSR count). The van der Waals surface area contributed by atoms with Gasteiger partial charge in [0.25, 0.3) is 0 Å². The Balaban J connectivity index is 0. The predicted molar refractivity (Wildman–Crippen MR) is 83.4 cm³/mol. The third kappa shape index (κ3) is 23.3. The van der Waals surface area contributed by atoms with Crippen molar-refractivity contribution in [2.24, 2.45) is 0 Å². The van der Waals surface area contributed by atoms with Crippen molar-refractivity contribution in [2.75, 3.05) is 6.54 Å². The summed E-state index contributed by atoms with van der Waals surface area (Å²) < 4.78 is 32.8. The summed E-state index contributed by atoms with van der Waals surface area (Å²) in [6.07, 6.45) is 16.3. The van der Waals surface area contributed by atoms with Crippen LogP contribution in [0.3, 0.4) is 0 Å². The van der Waals surface area contributed by atoms with Crippen molar-refractivity contribution in [1.29, 1.82) is 0 Å². The molecule has 0 amide bonds. The van der Waals surface area contributed by atoms with Gasteiger partial charge in [0.15, 0.2) is 10.3 Å². The summed E-state index contributed by atoms with van der Waals surface area (Å²) in [6, 6.07) is 0. The van der Waals surface area contributed by atoms with Gasteiger partial charge in [0.05, 0.1) is 0 Å². The van der Waals surface area contributed by atoms with E-state index in [1.54, 1.807) is 0 Å². The standard InChI is InChI=1S/C15H33NO3S.Na/c1-2-3-4-5-6-7-8-9-10-11-12-13-14-15-16-20(17,18)19;/h16H,2-15H2,1H3,(H,17,18,19);/q;+1/p-1. The van der Waals surface area contributed by atoms with Crippen molar-refractivity contribution < 1.29 is 42.5 Å². The largest absolute Gasteiger partial charge is 1.00 e. The molecule has 4 nitrogen and oxygen atoms in total. The fourth-order valence-electron chi connectivity index (χ4n) is 2.34. The van der Waals surface area contributed by atoms with E-state index in [9.17, 15) is 13.0 Å². The van der Waals surface area contributed by atoms with Gasteiger partial charge < -0.3 is 4.55 Å². The Labute approximate surface area is 154 Å². The predicted octanol–water partition coefficient (Wildman–Crippen LogP) is 1.13. The van der Waals surface area contributed by atoms with E-state index in [0.29, 0.717) is 0 Å². The fraction of sp³-hybridized carbons (Fsp3) is 1.00. The van der Waals surface area contributed by atoms with E-state index in [1.165, 1.54) is 64.2 Å². The molecule has 21 heavy (non-hydrogen) atoms.